The van der Waals surface area contributed by atoms with Crippen LogP contribution in [0.15, 0.2) is 12.7 Å². The van der Waals surface area contributed by atoms with Gasteiger partial charge in [-0.2, -0.15) is 5.10 Å². The van der Waals surface area contributed by atoms with E-state index in [1.807, 2.05) is 4.68 Å². The summed E-state index contributed by atoms with van der Waals surface area (Å²) in [4.78, 5) is 3.92. The third-order valence-electron chi connectivity index (χ3n) is 2.00. The summed E-state index contributed by atoms with van der Waals surface area (Å²) < 4.78 is 1.88. The summed E-state index contributed by atoms with van der Waals surface area (Å²) in [7, 11) is 0. The molecule has 74 valence electrons. The lowest BCUT2D eigenvalue weighted by Gasteiger charge is -2.16. The maximum atomic E-state index is 4.09. The van der Waals surface area contributed by atoms with E-state index in [4.69, 9.17) is 0 Å². The first-order valence-electron chi connectivity index (χ1n) is 4.92. The molecule has 0 aliphatic heterocycles. The van der Waals surface area contributed by atoms with Gasteiger partial charge in [-0.05, 0) is 13.0 Å². The predicted octanol–water partition coefficient (Wildman–Crippen LogP) is 1.06. The van der Waals surface area contributed by atoms with E-state index in [9.17, 15) is 0 Å². The highest BCUT2D eigenvalue weighted by atomic mass is 15.3. The summed E-state index contributed by atoms with van der Waals surface area (Å²) in [5.74, 6) is 0. The average molecular weight is 182 g/mol. The summed E-state index contributed by atoms with van der Waals surface area (Å²) >= 11 is 0. The highest BCUT2D eigenvalue weighted by molar-refractivity contribution is 4.67. The summed E-state index contributed by atoms with van der Waals surface area (Å²) in [5.41, 5.74) is 0. The Labute approximate surface area is 79.4 Å². The van der Waals surface area contributed by atoms with Gasteiger partial charge >= 0.3 is 0 Å². The lowest BCUT2D eigenvalue weighted by atomic mass is 10.1. The minimum atomic E-state index is 0.525. The Bertz CT molecular complexity index is 201. The second kappa shape index (κ2) is 5.70. The number of hydrogen-bond donors (Lipinski definition) is 1. The summed E-state index contributed by atoms with van der Waals surface area (Å²) in [5, 5.41) is 7.52. The van der Waals surface area contributed by atoms with Crippen molar-refractivity contribution in [3.05, 3.63) is 12.7 Å². The molecule has 0 saturated carbocycles. The standard InChI is InChI=1S/C9H18N4/c1-3-5-9(11-4-2)6-13-8-10-7-12-13/h7-9,11H,3-6H2,1-2H3. The molecule has 13 heavy (non-hydrogen) atoms. The lowest BCUT2D eigenvalue weighted by Crippen LogP contribution is -2.33. The van der Waals surface area contributed by atoms with Gasteiger partial charge in [0.15, 0.2) is 0 Å². The van der Waals surface area contributed by atoms with E-state index in [2.05, 4.69) is 29.2 Å². The molecule has 1 unspecified atom stereocenters. The molecule has 1 aromatic heterocycles. The Morgan fingerprint density at radius 3 is 2.85 bits per heavy atom. The van der Waals surface area contributed by atoms with Gasteiger partial charge in [0, 0.05) is 6.04 Å². The first-order valence-corrected chi connectivity index (χ1v) is 4.92. The van der Waals surface area contributed by atoms with Gasteiger partial charge in [-0.25, -0.2) is 4.98 Å². The van der Waals surface area contributed by atoms with E-state index in [0.717, 1.165) is 13.1 Å². The smallest absolute Gasteiger partial charge is 0.137 e. The minimum absolute atomic E-state index is 0.525. The zero-order valence-electron chi connectivity index (χ0n) is 8.40. The Morgan fingerprint density at radius 1 is 1.46 bits per heavy atom. The van der Waals surface area contributed by atoms with Crippen LogP contribution in [0.5, 0.6) is 0 Å². The first-order chi connectivity index (χ1) is 6.36. The second-order valence-corrected chi connectivity index (χ2v) is 3.16. The van der Waals surface area contributed by atoms with Crippen LogP contribution in [0.1, 0.15) is 26.7 Å². The van der Waals surface area contributed by atoms with E-state index < -0.39 is 0 Å². The Kier molecular flexibility index (Phi) is 4.46. The Balaban J connectivity index is 2.37. The topological polar surface area (TPSA) is 42.7 Å². The fraction of sp³-hybridized carbons (Fsp3) is 0.778. The van der Waals surface area contributed by atoms with Gasteiger partial charge < -0.3 is 5.32 Å². The molecule has 1 N–H and O–H groups in total. The molecule has 0 saturated heterocycles. The third kappa shape index (κ3) is 3.55. The van der Waals surface area contributed by atoms with Crippen molar-refractivity contribution in [2.24, 2.45) is 0 Å². The normalized spacial score (nSPS) is 13.1. The summed E-state index contributed by atoms with van der Waals surface area (Å²) in [6.45, 7) is 6.26. The van der Waals surface area contributed by atoms with Crippen molar-refractivity contribution in [1.82, 2.24) is 20.1 Å². The van der Waals surface area contributed by atoms with E-state index in [0.29, 0.717) is 6.04 Å². The van der Waals surface area contributed by atoms with Crippen LogP contribution in [0.3, 0.4) is 0 Å². The number of aromatic nitrogens is 3. The second-order valence-electron chi connectivity index (χ2n) is 3.16. The fourth-order valence-electron chi connectivity index (χ4n) is 1.45. The molecule has 0 radical (unpaired) electrons. The number of nitrogens with one attached hydrogen (secondary N) is 1. The molecule has 0 spiro atoms. The van der Waals surface area contributed by atoms with Crippen LogP contribution in [0.2, 0.25) is 0 Å². The monoisotopic (exact) mass is 182 g/mol. The van der Waals surface area contributed by atoms with E-state index in [-0.39, 0.29) is 0 Å². The van der Waals surface area contributed by atoms with Gasteiger partial charge in [-0.3, -0.25) is 4.68 Å². The Morgan fingerprint density at radius 2 is 2.31 bits per heavy atom. The molecule has 0 aliphatic rings. The largest absolute Gasteiger partial charge is 0.312 e. The van der Waals surface area contributed by atoms with Gasteiger partial charge in [0.25, 0.3) is 0 Å². The van der Waals surface area contributed by atoms with Crippen molar-refractivity contribution in [1.29, 1.82) is 0 Å². The molecule has 0 aromatic carbocycles. The van der Waals surface area contributed by atoms with Crippen molar-refractivity contribution in [3.63, 3.8) is 0 Å². The zero-order chi connectivity index (χ0) is 9.52. The van der Waals surface area contributed by atoms with Crippen LogP contribution in [0.25, 0.3) is 0 Å². The highest BCUT2D eigenvalue weighted by Gasteiger charge is 2.06. The maximum absolute atomic E-state index is 4.09. The van der Waals surface area contributed by atoms with Crippen LogP contribution in [-0.2, 0) is 6.54 Å². The Hall–Kier alpha value is -0.900. The van der Waals surface area contributed by atoms with Crippen LogP contribution in [0.4, 0.5) is 0 Å². The van der Waals surface area contributed by atoms with Crippen molar-refractivity contribution in [3.8, 4) is 0 Å². The van der Waals surface area contributed by atoms with E-state index in [1.54, 1.807) is 12.7 Å². The van der Waals surface area contributed by atoms with Crippen molar-refractivity contribution in [2.45, 2.75) is 39.3 Å². The average Bonchev–Trinajstić information content (AvgIpc) is 2.58. The number of likely N-dealkylation sites (N-methyl/N-ethyl adjacent to an activating group) is 1. The van der Waals surface area contributed by atoms with Crippen molar-refractivity contribution in [2.75, 3.05) is 6.54 Å². The lowest BCUT2D eigenvalue weighted by molar-refractivity contribution is 0.409. The summed E-state index contributed by atoms with van der Waals surface area (Å²) in [6, 6.07) is 0.525. The number of hydrogen-bond acceptors (Lipinski definition) is 3. The molecule has 4 nitrogen and oxygen atoms in total. The number of rotatable bonds is 6. The van der Waals surface area contributed by atoms with Crippen LogP contribution < -0.4 is 5.32 Å². The molecule has 1 heterocycles. The van der Waals surface area contributed by atoms with E-state index >= 15 is 0 Å². The molecule has 1 rings (SSSR count). The third-order valence-corrected chi connectivity index (χ3v) is 2.00. The predicted molar refractivity (Wildman–Crippen MR) is 52.4 cm³/mol. The zero-order valence-corrected chi connectivity index (χ0v) is 8.40. The number of nitrogens with zero attached hydrogens (tertiary/aromatic N) is 3. The highest BCUT2D eigenvalue weighted by Crippen LogP contribution is 1.98. The quantitative estimate of drug-likeness (QED) is 0.715. The van der Waals surface area contributed by atoms with Crippen molar-refractivity contribution >= 4 is 0 Å². The minimum Gasteiger partial charge on any atom is -0.312 e. The maximum Gasteiger partial charge on any atom is 0.137 e. The molecule has 0 aliphatic carbocycles. The van der Waals surface area contributed by atoms with Gasteiger partial charge in [0.2, 0.25) is 0 Å². The van der Waals surface area contributed by atoms with Crippen LogP contribution >= 0.6 is 0 Å². The fourth-order valence-corrected chi connectivity index (χ4v) is 1.45. The van der Waals surface area contributed by atoms with Gasteiger partial charge in [0.1, 0.15) is 12.7 Å². The van der Waals surface area contributed by atoms with E-state index in [1.165, 1.54) is 12.8 Å². The van der Waals surface area contributed by atoms with Gasteiger partial charge in [-0.1, -0.05) is 20.3 Å². The molecule has 1 atom stereocenters. The molecule has 4 heteroatoms. The van der Waals surface area contributed by atoms with Crippen LogP contribution in [0, 0.1) is 0 Å². The van der Waals surface area contributed by atoms with Crippen molar-refractivity contribution < 1.29 is 0 Å². The molecule has 0 bridgehead atoms. The summed E-state index contributed by atoms with van der Waals surface area (Å²) in [6.07, 6.45) is 5.73. The van der Waals surface area contributed by atoms with Gasteiger partial charge in [-0.15, -0.1) is 0 Å². The molecule has 0 fully saturated rings. The molecule has 1 aromatic rings. The SMILES string of the molecule is CCCC(Cn1cncn1)NCC. The molecular formula is C9H18N4. The molecular weight excluding hydrogens is 164 g/mol. The first kappa shape index (κ1) is 10.2. The van der Waals surface area contributed by atoms with Gasteiger partial charge in [0.05, 0.1) is 6.54 Å². The molecule has 0 amide bonds. The van der Waals surface area contributed by atoms with Crippen LogP contribution in [-0.4, -0.2) is 27.4 Å².